The highest BCUT2D eigenvalue weighted by atomic mass is 16.6. The molecule has 0 radical (unpaired) electrons. The number of aryl methyl sites for hydroxylation is 1. The summed E-state index contributed by atoms with van der Waals surface area (Å²) in [7, 11) is 0. The Morgan fingerprint density at radius 3 is 2.03 bits per heavy atom. The Labute approximate surface area is 179 Å². The first kappa shape index (κ1) is 20.5. The summed E-state index contributed by atoms with van der Waals surface area (Å²) in [5.74, 6) is -2.97. The number of anilines is 1. The van der Waals surface area contributed by atoms with E-state index in [1.54, 1.807) is 57.2 Å². The molecule has 0 aromatic heterocycles. The Morgan fingerprint density at radius 2 is 1.45 bits per heavy atom. The molecule has 158 valence electrons. The van der Waals surface area contributed by atoms with E-state index in [0.29, 0.717) is 11.3 Å². The van der Waals surface area contributed by atoms with Gasteiger partial charge in [0, 0.05) is 22.4 Å². The largest absolute Gasteiger partial charge is 0.465 e. The van der Waals surface area contributed by atoms with Crippen LogP contribution in [0.15, 0.2) is 53.7 Å². The van der Waals surface area contributed by atoms with Crippen LogP contribution < -0.4 is 5.32 Å². The lowest BCUT2D eigenvalue weighted by atomic mass is 9.65. The van der Waals surface area contributed by atoms with Crippen LogP contribution in [-0.4, -0.2) is 36.7 Å². The van der Waals surface area contributed by atoms with E-state index in [4.69, 9.17) is 9.47 Å². The number of hydrogen-bond acceptors (Lipinski definition) is 7. The number of ether oxygens (including phenoxy) is 2. The summed E-state index contributed by atoms with van der Waals surface area (Å²) < 4.78 is 10.6. The third-order valence-corrected chi connectivity index (χ3v) is 5.59. The fourth-order valence-electron chi connectivity index (χ4n) is 4.24. The molecule has 2 aromatic carbocycles. The minimum atomic E-state index is -2.21. The fraction of sp³-hybridized carbons (Fsp3) is 0.250. The van der Waals surface area contributed by atoms with Gasteiger partial charge in [-0.25, -0.2) is 0 Å². The topological polar surface area (TPSA) is 98.8 Å². The molecule has 0 unspecified atom stereocenters. The highest BCUT2D eigenvalue weighted by Crippen LogP contribution is 2.49. The van der Waals surface area contributed by atoms with Crippen molar-refractivity contribution in [3.8, 4) is 0 Å². The van der Waals surface area contributed by atoms with E-state index < -0.39 is 28.9 Å². The monoisotopic (exact) mass is 419 g/mol. The molecule has 1 N–H and O–H groups in total. The number of esters is 2. The van der Waals surface area contributed by atoms with Gasteiger partial charge < -0.3 is 14.8 Å². The van der Waals surface area contributed by atoms with Gasteiger partial charge in [0.15, 0.2) is 5.78 Å². The van der Waals surface area contributed by atoms with Crippen molar-refractivity contribution in [3.63, 3.8) is 0 Å². The van der Waals surface area contributed by atoms with E-state index in [1.165, 1.54) is 6.07 Å². The van der Waals surface area contributed by atoms with Gasteiger partial charge >= 0.3 is 11.9 Å². The molecule has 2 aromatic rings. The van der Waals surface area contributed by atoms with Crippen LogP contribution in [-0.2, 0) is 24.5 Å². The predicted molar refractivity (Wildman–Crippen MR) is 112 cm³/mol. The second kappa shape index (κ2) is 7.50. The minimum absolute atomic E-state index is 0.0180. The van der Waals surface area contributed by atoms with Crippen LogP contribution in [0, 0.1) is 6.92 Å². The number of carbonyl (C=O) groups excluding carboxylic acids is 4. The number of benzene rings is 2. The normalized spacial score (nSPS) is 16.0. The number of Topliss-reactive ketones (excluding diaryl/α,β-unsaturated/α-hetero) is 2. The maximum absolute atomic E-state index is 13.7. The predicted octanol–water partition coefficient (Wildman–Crippen LogP) is 3.12. The molecule has 0 saturated heterocycles. The summed E-state index contributed by atoms with van der Waals surface area (Å²) in [4.78, 5) is 54.0. The number of nitrogens with one attached hydrogen (secondary N) is 1. The summed E-state index contributed by atoms with van der Waals surface area (Å²) >= 11 is 0. The summed E-state index contributed by atoms with van der Waals surface area (Å²) in [5.41, 5.74) is -0.918. The molecule has 7 heteroatoms. The van der Waals surface area contributed by atoms with Crippen LogP contribution in [0.2, 0.25) is 0 Å². The highest BCUT2D eigenvalue weighted by molar-refractivity contribution is 6.34. The first-order chi connectivity index (χ1) is 14.9. The molecule has 0 spiro atoms. The summed E-state index contributed by atoms with van der Waals surface area (Å²) in [6.07, 6.45) is 0. The van der Waals surface area contributed by atoms with Crippen LogP contribution in [0.4, 0.5) is 5.69 Å². The molecule has 7 nitrogen and oxygen atoms in total. The Kier molecular flexibility index (Phi) is 4.97. The Morgan fingerprint density at radius 1 is 0.871 bits per heavy atom. The van der Waals surface area contributed by atoms with Gasteiger partial charge in [0.1, 0.15) is 0 Å². The average Bonchev–Trinajstić information content (AvgIpc) is 2.76. The van der Waals surface area contributed by atoms with Crippen LogP contribution >= 0.6 is 0 Å². The molecule has 0 atom stereocenters. The molecule has 0 bridgehead atoms. The van der Waals surface area contributed by atoms with Gasteiger partial charge in [-0.1, -0.05) is 42.5 Å². The number of ketones is 2. The van der Waals surface area contributed by atoms with Gasteiger partial charge in [-0.15, -0.1) is 0 Å². The van der Waals surface area contributed by atoms with E-state index in [9.17, 15) is 19.2 Å². The Bertz CT molecular complexity index is 1160. The standard InChI is InChI=1S/C24H21NO6/c1-4-30-22(28)24(23(29)31-5-2)16-12-8-9-13(3)18(16)25-19-17(24)20(26)14-10-6-7-11-15(14)21(19)27/h6-12,25H,4-5H2,1-3H3. The third kappa shape index (κ3) is 2.73. The van der Waals surface area contributed by atoms with Crippen LogP contribution in [0.25, 0.3) is 0 Å². The number of carbonyl (C=O) groups is 4. The SMILES string of the molecule is CCOC(=O)C1(C(=O)OCC)C2=C(Nc3c(C)cccc31)C(=O)c1ccccc1C2=O. The lowest BCUT2D eigenvalue weighted by Gasteiger charge is -2.39. The van der Waals surface area contributed by atoms with Gasteiger partial charge in [0.25, 0.3) is 0 Å². The van der Waals surface area contributed by atoms with Crippen molar-refractivity contribution in [2.24, 2.45) is 0 Å². The van der Waals surface area contributed by atoms with Gasteiger partial charge in [0.2, 0.25) is 11.2 Å². The second-order valence-electron chi connectivity index (χ2n) is 7.27. The fourth-order valence-corrected chi connectivity index (χ4v) is 4.24. The number of allylic oxidation sites excluding steroid dienone is 1. The van der Waals surface area contributed by atoms with E-state index in [1.807, 2.05) is 0 Å². The van der Waals surface area contributed by atoms with Gasteiger partial charge in [0.05, 0.1) is 24.5 Å². The zero-order valence-corrected chi connectivity index (χ0v) is 17.4. The molecule has 0 saturated carbocycles. The van der Waals surface area contributed by atoms with Crippen molar-refractivity contribution in [3.05, 3.63) is 76.0 Å². The van der Waals surface area contributed by atoms with Crippen molar-refractivity contribution in [2.75, 3.05) is 18.5 Å². The molecule has 4 rings (SSSR count). The number of rotatable bonds is 4. The van der Waals surface area contributed by atoms with Crippen molar-refractivity contribution in [1.29, 1.82) is 0 Å². The number of fused-ring (bicyclic) bond motifs is 2. The summed E-state index contributed by atoms with van der Waals surface area (Å²) in [5, 5.41) is 3.03. The first-order valence-electron chi connectivity index (χ1n) is 10.0. The molecule has 0 fully saturated rings. The van der Waals surface area contributed by atoms with E-state index >= 15 is 0 Å². The maximum Gasteiger partial charge on any atom is 0.333 e. The smallest absolute Gasteiger partial charge is 0.333 e. The molecule has 1 heterocycles. The third-order valence-electron chi connectivity index (χ3n) is 5.59. The minimum Gasteiger partial charge on any atom is -0.465 e. The molecule has 31 heavy (non-hydrogen) atoms. The average molecular weight is 419 g/mol. The van der Waals surface area contributed by atoms with Crippen molar-refractivity contribution in [1.82, 2.24) is 0 Å². The first-order valence-corrected chi connectivity index (χ1v) is 10.0. The van der Waals surface area contributed by atoms with Crippen LogP contribution in [0.5, 0.6) is 0 Å². The van der Waals surface area contributed by atoms with E-state index in [2.05, 4.69) is 5.32 Å². The molecule has 2 aliphatic rings. The maximum atomic E-state index is 13.7. The quantitative estimate of drug-likeness (QED) is 0.600. The zero-order valence-electron chi connectivity index (χ0n) is 17.4. The lowest BCUT2D eigenvalue weighted by molar-refractivity contribution is -0.162. The Hall–Kier alpha value is -3.74. The highest BCUT2D eigenvalue weighted by Gasteiger charge is 2.61. The van der Waals surface area contributed by atoms with Crippen molar-refractivity contribution in [2.45, 2.75) is 26.2 Å². The van der Waals surface area contributed by atoms with E-state index in [0.717, 1.165) is 0 Å². The molecular weight excluding hydrogens is 398 g/mol. The molecule has 0 amide bonds. The molecule has 1 aliphatic carbocycles. The van der Waals surface area contributed by atoms with E-state index in [-0.39, 0.29) is 41.2 Å². The molecular formula is C24H21NO6. The second-order valence-corrected chi connectivity index (χ2v) is 7.27. The van der Waals surface area contributed by atoms with Gasteiger partial charge in [-0.3, -0.25) is 19.2 Å². The lowest BCUT2D eigenvalue weighted by Crippen LogP contribution is -2.54. The van der Waals surface area contributed by atoms with Crippen molar-refractivity contribution >= 4 is 29.2 Å². The van der Waals surface area contributed by atoms with Crippen LogP contribution in [0.3, 0.4) is 0 Å². The van der Waals surface area contributed by atoms with Crippen molar-refractivity contribution < 1.29 is 28.7 Å². The van der Waals surface area contributed by atoms with Gasteiger partial charge in [-0.05, 0) is 26.3 Å². The van der Waals surface area contributed by atoms with Crippen LogP contribution in [0.1, 0.15) is 45.7 Å². The van der Waals surface area contributed by atoms with Gasteiger partial charge in [-0.2, -0.15) is 0 Å². The summed E-state index contributed by atoms with van der Waals surface area (Å²) in [6, 6.07) is 11.4. The Balaban J connectivity index is 2.13. The summed E-state index contributed by atoms with van der Waals surface area (Å²) in [6.45, 7) is 4.95. The number of hydrogen-bond donors (Lipinski definition) is 1. The number of para-hydroxylation sites is 1. The molecule has 1 aliphatic heterocycles. The zero-order chi connectivity index (χ0) is 22.3.